The van der Waals surface area contributed by atoms with E-state index >= 15 is 0 Å². The molecule has 0 spiro atoms. The Balaban J connectivity index is 1.34. The molecule has 148 valence electrons. The first-order chi connectivity index (χ1) is 13.7. The second kappa shape index (κ2) is 9.23. The fraction of sp³-hybridized carbons (Fsp3) is 0.458. The zero-order valence-corrected chi connectivity index (χ0v) is 17.9. The van der Waals surface area contributed by atoms with Crippen LogP contribution in [0.5, 0.6) is 5.75 Å². The highest BCUT2D eigenvalue weighted by Gasteiger charge is 2.31. The first-order valence-corrected chi connectivity index (χ1v) is 11.3. The molecule has 1 heterocycles. The lowest BCUT2D eigenvalue weighted by molar-refractivity contribution is 0.103. The third kappa shape index (κ3) is 4.66. The second-order valence-corrected chi connectivity index (χ2v) is 8.91. The van der Waals surface area contributed by atoms with Gasteiger partial charge in [0.05, 0.1) is 0 Å². The van der Waals surface area contributed by atoms with Crippen molar-refractivity contribution in [2.24, 2.45) is 0 Å². The van der Waals surface area contributed by atoms with Crippen LogP contribution in [0.3, 0.4) is 0 Å². The second-order valence-electron chi connectivity index (χ2n) is 8.00. The molecule has 1 atom stereocenters. The van der Waals surface area contributed by atoms with Crippen molar-refractivity contribution in [2.75, 3.05) is 13.2 Å². The Hall–Kier alpha value is -1.65. The van der Waals surface area contributed by atoms with E-state index in [0.717, 1.165) is 22.9 Å². The highest BCUT2D eigenvalue weighted by atomic mass is 79.9. The van der Waals surface area contributed by atoms with Crippen molar-refractivity contribution >= 4 is 21.7 Å². The van der Waals surface area contributed by atoms with Crippen molar-refractivity contribution in [1.29, 1.82) is 0 Å². The highest BCUT2D eigenvalue weighted by molar-refractivity contribution is 9.10. The largest absolute Gasteiger partial charge is 0.492 e. The van der Waals surface area contributed by atoms with Crippen LogP contribution in [0.15, 0.2) is 53.0 Å². The summed E-state index contributed by atoms with van der Waals surface area (Å²) in [6, 6.07) is 16.4. The summed E-state index contributed by atoms with van der Waals surface area (Å²) in [7, 11) is 0. The van der Waals surface area contributed by atoms with Crippen LogP contribution in [-0.4, -0.2) is 35.9 Å². The molecule has 2 aromatic rings. The van der Waals surface area contributed by atoms with Gasteiger partial charge in [-0.1, -0.05) is 35.2 Å². The zero-order valence-electron chi connectivity index (χ0n) is 16.3. The summed E-state index contributed by atoms with van der Waals surface area (Å²) in [4.78, 5) is 15.3. The summed E-state index contributed by atoms with van der Waals surface area (Å²) in [6.07, 6.45) is 9.37. The summed E-state index contributed by atoms with van der Waals surface area (Å²) in [5.74, 6) is 0.890. The van der Waals surface area contributed by atoms with Gasteiger partial charge in [-0.15, -0.1) is 0 Å². The lowest BCUT2D eigenvalue weighted by Gasteiger charge is -2.35. The summed E-state index contributed by atoms with van der Waals surface area (Å²) in [5.41, 5.74) is 1.39. The Bertz CT molecular complexity index is 781. The molecule has 0 amide bonds. The molecule has 3 nitrogen and oxygen atoms in total. The van der Waals surface area contributed by atoms with Crippen molar-refractivity contribution in [3.8, 4) is 5.75 Å². The first-order valence-electron chi connectivity index (χ1n) is 10.5. The number of nitrogens with zero attached hydrogens (tertiary/aromatic N) is 1. The van der Waals surface area contributed by atoms with E-state index in [4.69, 9.17) is 4.74 Å². The molecule has 4 rings (SSSR count). The zero-order chi connectivity index (χ0) is 19.3. The molecule has 1 aliphatic heterocycles. The molecule has 1 unspecified atom stereocenters. The Kier molecular flexibility index (Phi) is 6.48. The number of halogens is 1. The number of likely N-dealkylation sites (tertiary alicyclic amines) is 1. The van der Waals surface area contributed by atoms with Gasteiger partial charge in [-0.3, -0.25) is 9.69 Å². The number of carbonyl (C=O) groups excluding carboxylic acids is 1. The molecule has 2 fully saturated rings. The van der Waals surface area contributed by atoms with Crippen LogP contribution in [-0.2, 0) is 0 Å². The quantitative estimate of drug-likeness (QED) is 0.525. The fourth-order valence-electron chi connectivity index (χ4n) is 4.59. The maximum atomic E-state index is 12.6. The average Bonchev–Trinajstić information content (AvgIpc) is 3.22. The van der Waals surface area contributed by atoms with Crippen LogP contribution in [0.25, 0.3) is 0 Å². The maximum Gasteiger partial charge on any atom is 0.193 e. The summed E-state index contributed by atoms with van der Waals surface area (Å²) >= 11 is 3.40. The number of rotatable bonds is 6. The summed E-state index contributed by atoms with van der Waals surface area (Å²) in [5, 5.41) is 0. The molecule has 0 N–H and O–H groups in total. The Morgan fingerprint density at radius 3 is 2.21 bits per heavy atom. The number of ketones is 1. The third-order valence-electron chi connectivity index (χ3n) is 6.13. The maximum absolute atomic E-state index is 12.6. The Labute approximate surface area is 176 Å². The van der Waals surface area contributed by atoms with Crippen LogP contribution < -0.4 is 4.74 Å². The SMILES string of the molecule is O=C(c1ccc(Br)cc1)c1ccc(OCC2CCCN2C2CCCCC2)cc1. The summed E-state index contributed by atoms with van der Waals surface area (Å²) < 4.78 is 7.08. The Morgan fingerprint density at radius 2 is 1.54 bits per heavy atom. The van der Waals surface area contributed by atoms with Gasteiger partial charge >= 0.3 is 0 Å². The van der Waals surface area contributed by atoms with Gasteiger partial charge in [0.25, 0.3) is 0 Å². The lowest BCUT2D eigenvalue weighted by atomic mass is 9.94. The third-order valence-corrected chi connectivity index (χ3v) is 6.66. The highest BCUT2D eigenvalue weighted by Crippen LogP contribution is 2.29. The van der Waals surface area contributed by atoms with E-state index in [9.17, 15) is 4.79 Å². The molecule has 0 aromatic heterocycles. The standard InChI is InChI=1S/C24H28BrNO2/c25-20-12-8-18(9-13-20)24(27)19-10-14-23(15-11-19)28-17-22-7-4-16-26(22)21-5-2-1-3-6-21/h8-15,21-22H,1-7,16-17H2. The minimum atomic E-state index is 0.0401. The average molecular weight is 442 g/mol. The van der Waals surface area contributed by atoms with Crippen molar-refractivity contribution in [3.63, 3.8) is 0 Å². The van der Waals surface area contributed by atoms with Crippen LogP contribution in [0.1, 0.15) is 60.9 Å². The Morgan fingerprint density at radius 1 is 0.893 bits per heavy atom. The molecule has 1 saturated carbocycles. The minimum absolute atomic E-state index is 0.0401. The van der Waals surface area contributed by atoms with E-state index in [2.05, 4.69) is 20.8 Å². The predicted molar refractivity (Wildman–Crippen MR) is 116 cm³/mol. The van der Waals surface area contributed by atoms with Gasteiger partial charge < -0.3 is 4.74 Å². The van der Waals surface area contributed by atoms with Crippen LogP contribution >= 0.6 is 15.9 Å². The van der Waals surface area contributed by atoms with Crippen molar-refractivity contribution in [1.82, 2.24) is 4.90 Å². The van der Waals surface area contributed by atoms with Crippen molar-refractivity contribution < 1.29 is 9.53 Å². The lowest BCUT2D eigenvalue weighted by Crippen LogP contribution is -2.42. The van der Waals surface area contributed by atoms with Gasteiger partial charge in [0.15, 0.2) is 5.78 Å². The van der Waals surface area contributed by atoms with Crippen LogP contribution in [0.2, 0.25) is 0 Å². The van der Waals surface area contributed by atoms with Gasteiger partial charge in [-0.05, 0) is 80.8 Å². The van der Waals surface area contributed by atoms with Gasteiger partial charge in [0.1, 0.15) is 12.4 Å². The molecule has 28 heavy (non-hydrogen) atoms. The van der Waals surface area contributed by atoms with E-state index in [1.165, 1.54) is 51.5 Å². The molecule has 0 bridgehead atoms. The van der Waals surface area contributed by atoms with Gasteiger partial charge in [-0.2, -0.15) is 0 Å². The molecule has 1 aliphatic carbocycles. The first kappa shape index (κ1) is 19.7. The van der Waals surface area contributed by atoms with Crippen LogP contribution in [0, 0.1) is 0 Å². The van der Waals surface area contributed by atoms with Gasteiger partial charge in [0.2, 0.25) is 0 Å². The smallest absolute Gasteiger partial charge is 0.193 e. The molecular formula is C24H28BrNO2. The number of ether oxygens (including phenoxy) is 1. The molecule has 4 heteroatoms. The number of benzene rings is 2. The monoisotopic (exact) mass is 441 g/mol. The van der Waals surface area contributed by atoms with Gasteiger partial charge in [0, 0.05) is 27.7 Å². The normalized spacial score (nSPS) is 21.0. The van der Waals surface area contributed by atoms with Crippen LogP contribution in [0.4, 0.5) is 0 Å². The van der Waals surface area contributed by atoms with E-state index < -0.39 is 0 Å². The fourth-order valence-corrected chi connectivity index (χ4v) is 4.86. The number of hydrogen-bond donors (Lipinski definition) is 0. The molecule has 0 radical (unpaired) electrons. The summed E-state index contributed by atoms with van der Waals surface area (Å²) in [6.45, 7) is 1.97. The van der Waals surface area contributed by atoms with Crippen molar-refractivity contribution in [3.05, 3.63) is 64.1 Å². The van der Waals surface area contributed by atoms with E-state index in [1.54, 1.807) is 0 Å². The molecule has 1 saturated heterocycles. The number of hydrogen-bond acceptors (Lipinski definition) is 3. The molecular weight excluding hydrogens is 414 g/mol. The van der Waals surface area contributed by atoms with E-state index in [0.29, 0.717) is 17.2 Å². The van der Waals surface area contributed by atoms with E-state index in [-0.39, 0.29) is 5.78 Å². The molecule has 2 aromatic carbocycles. The van der Waals surface area contributed by atoms with Gasteiger partial charge in [-0.25, -0.2) is 0 Å². The minimum Gasteiger partial charge on any atom is -0.492 e. The predicted octanol–water partition coefficient (Wildman–Crippen LogP) is 5.86. The van der Waals surface area contributed by atoms with Crippen molar-refractivity contribution in [2.45, 2.75) is 57.0 Å². The topological polar surface area (TPSA) is 29.5 Å². The van der Waals surface area contributed by atoms with E-state index in [1.807, 2.05) is 48.5 Å². The number of carbonyl (C=O) groups is 1. The molecule has 2 aliphatic rings.